The fourth-order valence-corrected chi connectivity index (χ4v) is 1.88. The third kappa shape index (κ3) is 3.22. The Morgan fingerprint density at radius 2 is 1.94 bits per heavy atom. The normalized spacial score (nSPS) is 10.8. The molecule has 0 N–H and O–H groups in total. The maximum absolute atomic E-state index is 10.4. The number of benzene rings is 1. The molecule has 0 fully saturated rings. The Morgan fingerprint density at radius 1 is 1.18 bits per heavy atom. The number of nitrogens with zero attached hydrogens (tertiary/aromatic N) is 1. The molecule has 0 bridgehead atoms. The molecule has 1 aromatic carbocycles. The molecule has 0 aliphatic carbocycles. The third-order valence-electron chi connectivity index (χ3n) is 1.97. The number of rotatable bonds is 4. The Bertz CT molecular complexity index is 534. The van der Waals surface area contributed by atoms with E-state index in [9.17, 15) is 10.1 Å². The van der Waals surface area contributed by atoms with Gasteiger partial charge < -0.3 is 4.42 Å². The van der Waals surface area contributed by atoms with Gasteiger partial charge in [0.15, 0.2) is 0 Å². The van der Waals surface area contributed by atoms with Crippen LogP contribution in [0.15, 0.2) is 57.2 Å². The molecule has 0 atom stereocenters. The molecule has 4 nitrogen and oxygen atoms in total. The van der Waals surface area contributed by atoms with Crippen LogP contribution in [-0.4, -0.2) is 4.92 Å². The van der Waals surface area contributed by atoms with Gasteiger partial charge in [-0.25, -0.2) is 0 Å². The fourth-order valence-electron chi connectivity index (χ4n) is 1.21. The van der Waals surface area contributed by atoms with Crippen LogP contribution in [0.1, 0.15) is 5.76 Å². The number of thioether (sulfide) groups is 1. The van der Waals surface area contributed by atoms with Crippen molar-refractivity contribution < 1.29 is 9.34 Å². The summed E-state index contributed by atoms with van der Waals surface area (Å²) in [6.07, 6.45) is 1.70. The van der Waals surface area contributed by atoms with Gasteiger partial charge in [-0.2, -0.15) is 0 Å². The van der Waals surface area contributed by atoms with Crippen LogP contribution in [0.25, 0.3) is 6.08 Å². The standard InChI is InChI=1S/C12H9NO3S/c14-13(15)12-7-6-10(16-12)8-9-17-11-4-2-1-3-5-11/h1-9H. The molecule has 2 aromatic rings. The molecule has 0 aliphatic rings. The first-order valence-electron chi connectivity index (χ1n) is 4.88. The van der Waals surface area contributed by atoms with Crippen LogP contribution in [0.3, 0.4) is 0 Å². The van der Waals surface area contributed by atoms with Gasteiger partial charge in [0, 0.05) is 4.90 Å². The summed E-state index contributed by atoms with van der Waals surface area (Å²) >= 11 is 1.52. The molecule has 0 spiro atoms. The van der Waals surface area contributed by atoms with Crippen molar-refractivity contribution in [2.45, 2.75) is 4.90 Å². The quantitative estimate of drug-likeness (QED) is 0.466. The summed E-state index contributed by atoms with van der Waals surface area (Å²) in [4.78, 5) is 10.9. The Kier molecular flexibility index (Phi) is 3.62. The van der Waals surface area contributed by atoms with Crippen molar-refractivity contribution in [2.24, 2.45) is 0 Å². The van der Waals surface area contributed by atoms with E-state index in [1.807, 2.05) is 35.7 Å². The molecular formula is C12H9NO3S. The molecule has 5 heteroatoms. The zero-order chi connectivity index (χ0) is 12.1. The molecule has 1 aromatic heterocycles. The lowest BCUT2D eigenvalue weighted by Crippen LogP contribution is -1.82. The number of hydrogen-bond donors (Lipinski definition) is 0. The van der Waals surface area contributed by atoms with E-state index in [1.165, 1.54) is 17.8 Å². The maximum Gasteiger partial charge on any atom is 0.433 e. The molecule has 0 saturated carbocycles. The highest BCUT2D eigenvalue weighted by molar-refractivity contribution is 8.02. The van der Waals surface area contributed by atoms with Crippen LogP contribution >= 0.6 is 11.8 Å². The highest BCUT2D eigenvalue weighted by Gasteiger charge is 2.09. The highest BCUT2D eigenvalue weighted by atomic mass is 32.2. The number of hydrogen-bond acceptors (Lipinski definition) is 4. The van der Waals surface area contributed by atoms with E-state index < -0.39 is 4.92 Å². The lowest BCUT2D eigenvalue weighted by Gasteiger charge is -1.92. The molecule has 1 heterocycles. The molecular weight excluding hydrogens is 238 g/mol. The van der Waals surface area contributed by atoms with Crippen LogP contribution < -0.4 is 0 Å². The van der Waals surface area contributed by atoms with Crippen LogP contribution in [0, 0.1) is 10.1 Å². The van der Waals surface area contributed by atoms with Crippen molar-refractivity contribution >= 4 is 23.7 Å². The van der Waals surface area contributed by atoms with E-state index in [4.69, 9.17) is 4.42 Å². The van der Waals surface area contributed by atoms with Crippen molar-refractivity contribution in [3.05, 3.63) is 63.7 Å². The second kappa shape index (κ2) is 5.36. The van der Waals surface area contributed by atoms with Gasteiger partial charge >= 0.3 is 5.88 Å². The second-order valence-electron chi connectivity index (χ2n) is 3.17. The Morgan fingerprint density at radius 3 is 2.59 bits per heavy atom. The highest BCUT2D eigenvalue weighted by Crippen LogP contribution is 2.21. The predicted molar refractivity (Wildman–Crippen MR) is 66.7 cm³/mol. The first-order valence-corrected chi connectivity index (χ1v) is 5.76. The average Bonchev–Trinajstić information content (AvgIpc) is 2.79. The number of furan rings is 1. The van der Waals surface area contributed by atoms with Crippen molar-refractivity contribution in [1.29, 1.82) is 0 Å². The molecule has 0 radical (unpaired) electrons. The minimum Gasteiger partial charge on any atom is -0.401 e. The minimum absolute atomic E-state index is 0.241. The number of nitro groups is 1. The Hall–Kier alpha value is -2.01. The summed E-state index contributed by atoms with van der Waals surface area (Å²) in [5, 5.41) is 12.2. The first kappa shape index (κ1) is 11.5. The average molecular weight is 247 g/mol. The Balaban J connectivity index is 1.98. The van der Waals surface area contributed by atoms with Crippen molar-refractivity contribution in [2.75, 3.05) is 0 Å². The van der Waals surface area contributed by atoms with Crippen molar-refractivity contribution in [1.82, 2.24) is 0 Å². The maximum atomic E-state index is 10.4. The molecule has 17 heavy (non-hydrogen) atoms. The zero-order valence-corrected chi connectivity index (χ0v) is 9.59. The summed E-state index contributed by atoms with van der Waals surface area (Å²) in [5.74, 6) is 0.231. The molecule has 0 amide bonds. The van der Waals surface area contributed by atoms with E-state index in [2.05, 4.69) is 0 Å². The van der Waals surface area contributed by atoms with Crippen LogP contribution in [0.5, 0.6) is 0 Å². The molecule has 86 valence electrons. The van der Waals surface area contributed by atoms with Crippen molar-refractivity contribution in [3.63, 3.8) is 0 Å². The van der Waals surface area contributed by atoms with Crippen LogP contribution in [0.2, 0.25) is 0 Å². The summed E-state index contributed by atoms with van der Waals surface area (Å²) in [6, 6.07) is 12.7. The van der Waals surface area contributed by atoms with Gasteiger partial charge in [-0.1, -0.05) is 30.0 Å². The van der Waals surface area contributed by atoms with E-state index >= 15 is 0 Å². The van der Waals surface area contributed by atoms with Gasteiger partial charge in [0.25, 0.3) is 0 Å². The first-order chi connectivity index (χ1) is 8.25. The lowest BCUT2D eigenvalue weighted by atomic mass is 10.4. The predicted octanol–water partition coefficient (Wildman–Crippen LogP) is 3.95. The monoisotopic (exact) mass is 247 g/mol. The topological polar surface area (TPSA) is 56.3 Å². The molecule has 2 rings (SSSR count). The third-order valence-corrected chi connectivity index (χ3v) is 2.79. The second-order valence-corrected chi connectivity index (χ2v) is 4.15. The Labute approximate surface area is 102 Å². The minimum atomic E-state index is -0.554. The van der Waals surface area contributed by atoms with Gasteiger partial charge in [0.05, 0.1) is 6.07 Å². The van der Waals surface area contributed by atoms with E-state index in [-0.39, 0.29) is 5.88 Å². The SMILES string of the molecule is O=[N+]([O-])c1ccc(C=CSc2ccccc2)o1. The van der Waals surface area contributed by atoms with Gasteiger partial charge in [-0.05, 0) is 29.7 Å². The molecule has 0 unspecified atom stereocenters. The van der Waals surface area contributed by atoms with Crippen molar-refractivity contribution in [3.8, 4) is 0 Å². The molecule has 0 saturated heterocycles. The lowest BCUT2D eigenvalue weighted by molar-refractivity contribution is -0.402. The smallest absolute Gasteiger partial charge is 0.401 e. The van der Waals surface area contributed by atoms with Gasteiger partial charge in [0.2, 0.25) is 0 Å². The summed E-state index contributed by atoms with van der Waals surface area (Å²) in [5.41, 5.74) is 0. The largest absolute Gasteiger partial charge is 0.433 e. The zero-order valence-electron chi connectivity index (χ0n) is 8.78. The summed E-state index contributed by atoms with van der Waals surface area (Å²) < 4.78 is 4.98. The fraction of sp³-hybridized carbons (Fsp3) is 0. The summed E-state index contributed by atoms with van der Waals surface area (Å²) in [6.45, 7) is 0. The van der Waals surface area contributed by atoms with Crippen LogP contribution in [0.4, 0.5) is 5.88 Å². The summed E-state index contributed by atoms with van der Waals surface area (Å²) in [7, 11) is 0. The van der Waals surface area contributed by atoms with Crippen LogP contribution in [-0.2, 0) is 0 Å². The van der Waals surface area contributed by atoms with Gasteiger partial charge in [0.1, 0.15) is 10.7 Å². The van der Waals surface area contributed by atoms with E-state index in [1.54, 1.807) is 12.1 Å². The van der Waals surface area contributed by atoms with Gasteiger partial charge in [-0.3, -0.25) is 10.1 Å². The molecule has 0 aliphatic heterocycles. The van der Waals surface area contributed by atoms with E-state index in [0.29, 0.717) is 5.76 Å². The van der Waals surface area contributed by atoms with Gasteiger partial charge in [-0.15, -0.1) is 0 Å². The van der Waals surface area contributed by atoms with E-state index in [0.717, 1.165) is 4.90 Å².